The fourth-order valence-electron chi connectivity index (χ4n) is 2.50. The number of aromatic nitrogens is 6. The van der Waals surface area contributed by atoms with E-state index in [2.05, 4.69) is 25.0 Å². The lowest BCUT2D eigenvalue weighted by Crippen LogP contribution is -2.00. The highest BCUT2D eigenvalue weighted by atomic mass is 16.5. The van der Waals surface area contributed by atoms with Crippen LogP contribution in [-0.4, -0.2) is 36.8 Å². The summed E-state index contributed by atoms with van der Waals surface area (Å²) in [5.41, 5.74) is 8.25. The van der Waals surface area contributed by atoms with E-state index in [0.717, 1.165) is 11.3 Å². The molecule has 0 radical (unpaired) electrons. The summed E-state index contributed by atoms with van der Waals surface area (Å²) >= 11 is 0. The van der Waals surface area contributed by atoms with Crippen LogP contribution in [0, 0.1) is 0 Å². The van der Waals surface area contributed by atoms with Crippen LogP contribution in [0.1, 0.15) is 5.56 Å². The van der Waals surface area contributed by atoms with Gasteiger partial charge in [0.2, 0.25) is 0 Å². The SMILES string of the molecule is COc1ccc(Cn2cc3c(N)nc(-c4cnccn4)nc3n2)cc1. The Morgan fingerprint density at radius 1 is 1.12 bits per heavy atom. The standard InChI is InChI=1S/C17H15N7O/c1-25-12-4-2-11(3-5-12)9-24-10-13-15(18)21-17(22-16(13)23-24)14-8-19-6-7-20-14/h2-8,10H,9H2,1H3,(H2,18,21,22,23). The third-order valence-corrected chi connectivity index (χ3v) is 3.75. The van der Waals surface area contributed by atoms with E-state index in [0.29, 0.717) is 34.9 Å². The number of nitrogens with zero attached hydrogens (tertiary/aromatic N) is 6. The second-order valence-electron chi connectivity index (χ2n) is 5.44. The van der Waals surface area contributed by atoms with E-state index in [1.54, 1.807) is 30.4 Å². The summed E-state index contributed by atoms with van der Waals surface area (Å²) in [5.74, 6) is 1.59. The maximum Gasteiger partial charge on any atom is 0.187 e. The molecule has 0 aliphatic rings. The Morgan fingerprint density at radius 2 is 1.96 bits per heavy atom. The molecule has 3 heterocycles. The molecule has 0 unspecified atom stereocenters. The molecule has 0 saturated heterocycles. The lowest BCUT2D eigenvalue weighted by atomic mass is 10.2. The van der Waals surface area contributed by atoms with Gasteiger partial charge in [0.1, 0.15) is 17.3 Å². The van der Waals surface area contributed by atoms with Gasteiger partial charge < -0.3 is 10.5 Å². The van der Waals surface area contributed by atoms with Crippen molar-refractivity contribution in [1.82, 2.24) is 29.7 Å². The van der Waals surface area contributed by atoms with Gasteiger partial charge >= 0.3 is 0 Å². The predicted molar refractivity (Wildman–Crippen MR) is 92.9 cm³/mol. The molecule has 0 aliphatic carbocycles. The molecule has 4 aromatic rings. The molecule has 8 heteroatoms. The summed E-state index contributed by atoms with van der Waals surface area (Å²) in [5, 5.41) is 5.21. The van der Waals surface area contributed by atoms with Crippen LogP contribution in [0.15, 0.2) is 49.1 Å². The Hall–Kier alpha value is -3.55. The van der Waals surface area contributed by atoms with Crippen LogP contribution in [0.2, 0.25) is 0 Å². The molecule has 0 saturated carbocycles. The van der Waals surface area contributed by atoms with Crippen molar-refractivity contribution in [2.75, 3.05) is 12.8 Å². The second kappa shape index (κ2) is 6.16. The van der Waals surface area contributed by atoms with Gasteiger partial charge in [0.05, 0.1) is 25.2 Å². The Morgan fingerprint density at radius 3 is 2.68 bits per heavy atom. The first kappa shape index (κ1) is 15.0. The van der Waals surface area contributed by atoms with E-state index in [-0.39, 0.29) is 0 Å². The van der Waals surface area contributed by atoms with Gasteiger partial charge in [-0.15, -0.1) is 0 Å². The number of methoxy groups -OCH3 is 1. The van der Waals surface area contributed by atoms with Crippen molar-refractivity contribution < 1.29 is 4.74 Å². The van der Waals surface area contributed by atoms with Gasteiger partial charge in [-0.2, -0.15) is 5.10 Å². The van der Waals surface area contributed by atoms with Crippen LogP contribution in [0.4, 0.5) is 5.82 Å². The van der Waals surface area contributed by atoms with E-state index < -0.39 is 0 Å². The third kappa shape index (κ3) is 2.97. The second-order valence-corrected chi connectivity index (χ2v) is 5.44. The summed E-state index contributed by atoms with van der Waals surface area (Å²) in [6.07, 6.45) is 6.61. The zero-order valence-electron chi connectivity index (χ0n) is 13.5. The molecule has 4 rings (SSSR count). The number of nitrogens with two attached hydrogens (primary N) is 1. The van der Waals surface area contributed by atoms with Crippen LogP contribution >= 0.6 is 0 Å². The number of ether oxygens (including phenoxy) is 1. The number of hydrogen-bond donors (Lipinski definition) is 1. The largest absolute Gasteiger partial charge is 0.497 e. The summed E-state index contributed by atoms with van der Waals surface area (Å²) in [6.45, 7) is 0.597. The maximum absolute atomic E-state index is 6.07. The average Bonchev–Trinajstić information content (AvgIpc) is 3.06. The maximum atomic E-state index is 6.07. The Kier molecular flexibility index (Phi) is 3.70. The molecule has 8 nitrogen and oxygen atoms in total. The van der Waals surface area contributed by atoms with E-state index in [1.807, 2.05) is 30.5 Å². The molecular weight excluding hydrogens is 318 g/mol. The molecule has 0 fully saturated rings. The van der Waals surface area contributed by atoms with Crippen molar-refractivity contribution in [3.05, 3.63) is 54.6 Å². The first-order chi connectivity index (χ1) is 12.2. The van der Waals surface area contributed by atoms with Crippen LogP contribution in [-0.2, 0) is 6.54 Å². The quantitative estimate of drug-likeness (QED) is 0.608. The van der Waals surface area contributed by atoms with E-state index in [4.69, 9.17) is 10.5 Å². The van der Waals surface area contributed by atoms with E-state index >= 15 is 0 Å². The van der Waals surface area contributed by atoms with Crippen molar-refractivity contribution in [3.63, 3.8) is 0 Å². The average molecular weight is 333 g/mol. The molecule has 2 N–H and O–H groups in total. The summed E-state index contributed by atoms with van der Waals surface area (Å²) in [7, 11) is 1.64. The molecule has 0 bridgehead atoms. The summed E-state index contributed by atoms with van der Waals surface area (Å²) in [4.78, 5) is 17.0. The number of hydrogen-bond acceptors (Lipinski definition) is 7. The molecule has 25 heavy (non-hydrogen) atoms. The Balaban J connectivity index is 1.68. The molecule has 0 aliphatic heterocycles. The van der Waals surface area contributed by atoms with Gasteiger partial charge in [0.15, 0.2) is 11.5 Å². The molecule has 1 aromatic carbocycles. The number of fused-ring (bicyclic) bond motifs is 1. The highest BCUT2D eigenvalue weighted by molar-refractivity contribution is 5.86. The number of rotatable bonds is 4. The first-order valence-electron chi connectivity index (χ1n) is 7.63. The number of anilines is 1. The van der Waals surface area contributed by atoms with E-state index in [1.165, 1.54) is 0 Å². The van der Waals surface area contributed by atoms with Gasteiger partial charge in [-0.1, -0.05) is 12.1 Å². The van der Waals surface area contributed by atoms with Gasteiger partial charge in [-0.25, -0.2) is 15.0 Å². The summed E-state index contributed by atoms with van der Waals surface area (Å²) < 4.78 is 6.96. The lowest BCUT2D eigenvalue weighted by molar-refractivity contribution is 0.414. The zero-order chi connectivity index (χ0) is 17.2. The fourth-order valence-corrected chi connectivity index (χ4v) is 2.50. The fraction of sp³-hybridized carbons (Fsp3) is 0.118. The van der Waals surface area contributed by atoms with Gasteiger partial charge in [-0.3, -0.25) is 9.67 Å². The van der Waals surface area contributed by atoms with Crippen molar-refractivity contribution in [2.24, 2.45) is 0 Å². The highest BCUT2D eigenvalue weighted by Gasteiger charge is 2.12. The smallest absolute Gasteiger partial charge is 0.187 e. The van der Waals surface area contributed by atoms with Crippen LogP contribution in [0.5, 0.6) is 5.75 Å². The summed E-state index contributed by atoms with van der Waals surface area (Å²) in [6, 6.07) is 7.81. The van der Waals surface area contributed by atoms with Gasteiger partial charge in [-0.05, 0) is 17.7 Å². The minimum absolute atomic E-state index is 0.367. The zero-order valence-corrected chi connectivity index (χ0v) is 13.5. The number of benzene rings is 1. The van der Waals surface area contributed by atoms with Crippen LogP contribution in [0.25, 0.3) is 22.6 Å². The van der Waals surface area contributed by atoms with Crippen LogP contribution < -0.4 is 10.5 Å². The number of nitrogen functional groups attached to an aromatic ring is 1. The normalized spacial score (nSPS) is 10.9. The monoisotopic (exact) mass is 333 g/mol. The Labute approximate surface area is 143 Å². The molecular formula is C17H15N7O. The van der Waals surface area contributed by atoms with Crippen molar-refractivity contribution in [2.45, 2.75) is 6.54 Å². The van der Waals surface area contributed by atoms with Crippen molar-refractivity contribution >= 4 is 16.9 Å². The molecule has 0 atom stereocenters. The van der Waals surface area contributed by atoms with Crippen LogP contribution in [0.3, 0.4) is 0 Å². The van der Waals surface area contributed by atoms with Crippen molar-refractivity contribution in [1.29, 1.82) is 0 Å². The van der Waals surface area contributed by atoms with Crippen molar-refractivity contribution in [3.8, 4) is 17.3 Å². The minimum atomic E-state index is 0.367. The molecule has 3 aromatic heterocycles. The molecule has 124 valence electrons. The van der Waals surface area contributed by atoms with Gasteiger partial charge in [0, 0.05) is 18.6 Å². The third-order valence-electron chi connectivity index (χ3n) is 3.75. The molecule has 0 amide bonds. The molecule has 0 spiro atoms. The van der Waals surface area contributed by atoms with E-state index in [9.17, 15) is 0 Å². The predicted octanol–water partition coefficient (Wildman–Crippen LogP) is 1.92. The lowest BCUT2D eigenvalue weighted by Gasteiger charge is -2.03. The first-order valence-corrected chi connectivity index (χ1v) is 7.63. The Bertz CT molecular complexity index is 1010. The topological polar surface area (TPSA) is 105 Å². The highest BCUT2D eigenvalue weighted by Crippen LogP contribution is 2.21. The van der Waals surface area contributed by atoms with Gasteiger partial charge in [0.25, 0.3) is 0 Å². The minimum Gasteiger partial charge on any atom is -0.497 e.